The van der Waals surface area contributed by atoms with Crippen molar-refractivity contribution < 1.29 is 14.4 Å². The third-order valence-corrected chi connectivity index (χ3v) is 3.91. The van der Waals surface area contributed by atoms with E-state index in [1.807, 2.05) is 46.8 Å². The highest BCUT2D eigenvalue weighted by Crippen LogP contribution is 2.32. The number of rotatable bonds is 6. The van der Waals surface area contributed by atoms with Gasteiger partial charge in [-0.15, -0.1) is 0 Å². The van der Waals surface area contributed by atoms with E-state index in [0.717, 1.165) is 11.1 Å². The lowest BCUT2D eigenvalue weighted by Crippen LogP contribution is -2.31. The summed E-state index contributed by atoms with van der Waals surface area (Å²) in [5.74, 6) is 0.870. The van der Waals surface area contributed by atoms with E-state index >= 15 is 0 Å². The van der Waals surface area contributed by atoms with E-state index in [1.54, 1.807) is 6.07 Å². The Morgan fingerprint density at radius 3 is 2.60 bits per heavy atom. The second kappa shape index (κ2) is 7.68. The first-order chi connectivity index (χ1) is 11.7. The molecule has 0 bridgehead atoms. The molecule has 6 heteroatoms. The standard InChI is InChI=1S/C19H27N3O3/c1-12(2)8-17(24)22-15(18-20-11-21-25-18)10-13-6-7-16(23)14(9-13)19(3,4)5/h6-7,9,11-12,15,23H,8,10H2,1-5H3,(H,22,24). The van der Waals surface area contributed by atoms with Gasteiger partial charge in [-0.05, 0) is 28.5 Å². The van der Waals surface area contributed by atoms with Crippen LogP contribution in [0.5, 0.6) is 5.75 Å². The highest BCUT2D eigenvalue weighted by molar-refractivity contribution is 5.76. The van der Waals surface area contributed by atoms with Gasteiger partial charge in [0.15, 0.2) is 6.33 Å². The summed E-state index contributed by atoms with van der Waals surface area (Å²) in [7, 11) is 0. The first kappa shape index (κ1) is 19.0. The van der Waals surface area contributed by atoms with Crippen LogP contribution in [0.25, 0.3) is 0 Å². The number of phenols is 1. The van der Waals surface area contributed by atoms with E-state index in [4.69, 9.17) is 4.52 Å². The van der Waals surface area contributed by atoms with Crippen molar-refractivity contribution >= 4 is 5.91 Å². The Morgan fingerprint density at radius 1 is 1.32 bits per heavy atom. The van der Waals surface area contributed by atoms with E-state index in [2.05, 4.69) is 15.5 Å². The zero-order valence-corrected chi connectivity index (χ0v) is 15.5. The molecule has 6 nitrogen and oxygen atoms in total. The lowest BCUT2D eigenvalue weighted by atomic mass is 9.85. The van der Waals surface area contributed by atoms with E-state index < -0.39 is 6.04 Å². The molecular formula is C19H27N3O3. The second-order valence-corrected chi connectivity index (χ2v) is 7.80. The second-order valence-electron chi connectivity index (χ2n) is 7.80. The number of benzene rings is 1. The quantitative estimate of drug-likeness (QED) is 0.836. The summed E-state index contributed by atoms with van der Waals surface area (Å²) in [6.07, 6.45) is 2.27. The molecule has 0 spiro atoms. The number of phenolic OH excluding ortho intramolecular Hbond substituents is 1. The smallest absolute Gasteiger partial charge is 0.249 e. The summed E-state index contributed by atoms with van der Waals surface area (Å²) in [5.41, 5.74) is 1.67. The average Bonchev–Trinajstić information content (AvgIpc) is 3.00. The van der Waals surface area contributed by atoms with Crippen molar-refractivity contribution in [3.63, 3.8) is 0 Å². The van der Waals surface area contributed by atoms with Gasteiger partial charge in [0, 0.05) is 12.8 Å². The summed E-state index contributed by atoms with van der Waals surface area (Å²) in [6, 6.07) is 5.11. The third-order valence-electron chi connectivity index (χ3n) is 3.91. The number of carbonyl (C=O) groups is 1. The Hall–Kier alpha value is -2.37. The van der Waals surface area contributed by atoms with Crippen LogP contribution < -0.4 is 5.32 Å². The van der Waals surface area contributed by atoms with Gasteiger partial charge in [0.2, 0.25) is 11.8 Å². The number of hydrogen-bond acceptors (Lipinski definition) is 5. The molecule has 0 aliphatic rings. The van der Waals surface area contributed by atoms with Crippen LogP contribution in [0.2, 0.25) is 0 Å². The molecule has 2 rings (SSSR count). The van der Waals surface area contributed by atoms with Crippen molar-refractivity contribution in [2.45, 2.75) is 58.9 Å². The van der Waals surface area contributed by atoms with Gasteiger partial charge in [-0.25, -0.2) is 0 Å². The van der Waals surface area contributed by atoms with E-state index in [1.165, 1.54) is 6.33 Å². The minimum absolute atomic E-state index is 0.0481. The number of aromatic nitrogens is 2. The molecule has 1 heterocycles. The normalized spacial score (nSPS) is 13.0. The molecule has 0 saturated heterocycles. The van der Waals surface area contributed by atoms with Gasteiger partial charge >= 0.3 is 0 Å². The predicted molar refractivity (Wildman–Crippen MR) is 95.1 cm³/mol. The van der Waals surface area contributed by atoms with E-state index in [0.29, 0.717) is 18.7 Å². The maximum atomic E-state index is 12.2. The van der Waals surface area contributed by atoms with Crippen molar-refractivity contribution in [1.29, 1.82) is 0 Å². The fraction of sp³-hybridized carbons (Fsp3) is 0.526. The van der Waals surface area contributed by atoms with E-state index in [9.17, 15) is 9.90 Å². The average molecular weight is 345 g/mol. The molecule has 2 N–H and O–H groups in total. The highest BCUT2D eigenvalue weighted by Gasteiger charge is 2.23. The zero-order valence-electron chi connectivity index (χ0n) is 15.5. The Balaban J connectivity index is 2.24. The number of carbonyl (C=O) groups excluding carboxylic acids is 1. The first-order valence-electron chi connectivity index (χ1n) is 8.55. The molecule has 1 atom stereocenters. The Kier molecular flexibility index (Phi) is 5.82. The molecule has 0 fully saturated rings. The summed E-state index contributed by atoms with van der Waals surface area (Å²) in [4.78, 5) is 16.3. The topological polar surface area (TPSA) is 88.2 Å². The Labute approximate surface area is 148 Å². The van der Waals surface area contributed by atoms with Gasteiger partial charge in [0.25, 0.3) is 0 Å². The van der Waals surface area contributed by atoms with Gasteiger partial charge in [0.1, 0.15) is 11.8 Å². The van der Waals surface area contributed by atoms with Gasteiger partial charge in [-0.2, -0.15) is 4.98 Å². The van der Waals surface area contributed by atoms with Gasteiger partial charge in [-0.3, -0.25) is 4.79 Å². The van der Waals surface area contributed by atoms with Crippen molar-refractivity contribution in [1.82, 2.24) is 15.5 Å². The first-order valence-corrected chi connectivity index (χ1v) is 8.55. The lowest BCUT2D eigenvalue weighted by Gasteiger charge is -2.22. The molecule has 2 aromatic rings. The van der Waals surface area contributed by atoms with Crippen LogP contribution >= 0.6 is 0 Å². The number of amides is 1. The van der Waals surface area contributed by atoms with Crippen LogP contribution in [0, 0.1) is 5.92 Å². The zero-order chi connectivity index (χ0) is 18.6. The largest absolute Gasteiger partial charge is 0.508 e. The van der Waals surface area contributed by atoms with Crippen molar-refractivity contribution in [3.8, 4) is 5.75 Å². The monoisotopic (exact) mass is 345 g/mol. The maximum Gasteiger partial charge on any atom is 0.249 e. The fourth-order valence-corrected chi connectivity index (χ4v) is 2.71. The molecule has 1 unspecified atom stereocenters. The summed E-state index contributed by atoms with van der Waals surface area (Å²) in [5, 5.41) is 16.7. The van der Waals surface area contributed by atoms with Crippen LogP contribution in [-0.4, -0.2) is 21.2 Å². The molecular weight excluding hydrogens is 318 g/mol. The molecule has 0 aliphatic carbocycles. The third kappa shape index (κ3) is 5.31. The van der Waals surface area contributed by atoms with Crippen LogP contribution in [-0.2, 0) is 16.6 Å². The molecule has 0 aliphatic heterocycles. The van der Waals surface area contributed by atoms with Gasteiger partial charge in [0.05, 0.1) is 0 Å². The van der Waals surface area contributed by atoms with Crippen LogP contribution in [0.4, 0.5) is 0 Å². The van der Waals surface area contributed by atoms with Crippen molar-refractivity contribution in [3.05, 3.63) is 41.5 Å². The van der Waals surface area contributed by atoms with Crippen LogP contribution in [0.1, 0.15) is 64.1 Å². The Bertz CT molecular complexity index is 703. The molecule has 1 aromatic heterocycles. The summed E-state index contributed by atoms with van der Waals surface area (Å²) >= 11 is 0. The van der Waals surface area contributed by atoms with Gasteiger partial charge < -0.3 is 14.9 Å². The molecule has 25 heavy (non-hydrogen) atoms. The molecule has 1 aromatic carbocycles. The number of nitrogens with one attached hydrogen (secondary N) is 1. The van der Waals surface area contributed by atoms with Crippen molar-refractivity contribution in [2.24, 2.45) is 5.92 Å². The van der Waals surface area contributed by atoms with Crippen LogP contribution in [0.3, 0.4) is 0 Å². The summed E-state index contributed by atoms with van der Waals surface area (Å²) < 4.78 is 5.17. The molecule has 0 saturated carbocycles. The maximum absolute atomic E-state index is 12.2. The SMILES string of the molecule is CC(C)CC(=O)NC(Cc1ccc(O)c(C(C)(C)C)c1)c1ncno1. The molecule has 1 amide bonds. The summed E-state index contributed by atoms with van der Waals surface area (Å²) in [6.45, 7) is 10.1. The molecule has 136 valence electrons. The minimum Gasteiger partial charge on any atom is -0.508 e. The fourth-order valence-electron chi connectivity index (χ4n) is 2.71. The highest BCUT2D eigenvalue weighted by atomic mass is 16.5. The number of nitrogens with zero attached hydrogens (tertiary/aromatic N) is 2. The Morgan fingerprint density at radius 2 is 2.04 bits per heavy atom. The van der Waals surface area contributed by atoms with E-state index in [-0.39, 0.29) is 23.0 Å². The molecule has 0 radical (unpaired) electrons. The van der Waals surface area contributed by atoms with Crippen LogP contribution in [0.15, 0.2) is 29.0 Å². The van der Waals surface area contributed by atoms with Crippen molar-refractivity contribution in [2.75, 3.05) is 0 Å². The van der Waals surface area contributed by atoms with Gasteiger partial charge in [-0.1, -0.05) is 51.9 Å². The predicted octanol–water partition coefficient (Wildman–Crippen LogP) is 3.52. The minimum atomic E-state index is -0.397. The number of hydrogen-bond donors (Lipinski definition) is 2. The lowest BCUT2D eigenvalue weighted by molar-refractivity contribution is -0.122. The number of aromatic hydroxyl groups is 1.